The van der Waals surface area contributed by atoms with E-state index < -0.39 is 5.63 Å². The SMILES string of the molecule is COc1ccc(Cl)cc1NC(=O)C[NH+](C)Cc1cc(=O)oc2cc(C)c(C)cc12. The van der Waals surface area contributed by atoms with Gasteiger partial charge in [0.1, 0.15) is 17.9 Å². The van der Waals surface area contributed by atoms with E-state index in [1.165, 1.54) is 13.2 Å². The van der Waals surface area contributed by atoms with Crippen molar-refractivity contribution in [3.05, 3.63) is 68.5 Å². The molecule has 1 atom stereocenters. The fraction of sp³-hybridized carbons (Fsp3) is 0.273. The van der Waals surface area contributed by atoms with Gasteiger partial charge in [-0.25, -0.2) is 4.79 Å². The van der Waals surface area contributed by atoms with Crippen LogP contribution >= 0.6 is 11.6 Å². The van der Waals surface area contributed by atoms with E-state index in [-0.39, 0.29) is 12.5 Å². The van der Waals surface area contributed by atoms with Gasteiger partial charge < -0.3 is 19.4 Å². The van der Waals surface area contributed by atoms with E-state index in [1.807, 2.05) is 33.0 Å². The van der Waals surface area contributed by atoms with E-state index in [9.17, 15) is 9.59 Å². The van der Waals surface area contributed by atoms with Crippen molar-refractivity contribution in [1.29, 1.82) is 0 Å². The second-order valence-corrected chi connectivity index (χ2v) is 7.66. The molecule has 0 radical (unpaired) electrons. The molecule has 0 bridgehead atoms. The number of rotatable bonds is 6. The lowest BCUT2D eigenvalue weighted by molar-refractivity contribution is -0.885. The zero-order valence-electron chi connectivity index (χ0n) is 16.9. The zero-order valence-corrected chi connectivity index (χ0v) is 17.6. The summed E-state index contributed by atoms with van der Waals surface area (Å²) in [5.74, 6) is 0.361. The van der Waals surface area contributed by atoms with Crippen LogP contribution in [0.3, 0.4) is 0 Å². The van der Waals surface area contributed by atoms with Crippen LogP contribution in [0, 0.1) is 13.8 Å². The molecule has 0 spiro atoms. The van der Waals surface area contributed by atoms with Gasteiger partial charge in [-0.3, -0.25) is 4.79 Å². The first kappa shape index (κ1) is 20.9. The Kier molecular flexibility index (Phi) is 6.25. The maximum Gasteiger partial charge on any atom is 0.336 e. The third-order valence-electron chi connectivity index (χ3n) is 4.83. The highest BCUT2D eigenvalue weighted by molar-refractivity contribution is 6.31. The summed E-state index contributed by atoms with van der Waals surface area (Å²) >= 11 is 6.01. The van der Waals surface area contributed by atoms with Crippen LogP contribution in [0.4, 0.5) is 5.69 Å². The van der Waals surface area contributed by atoms with E-state index in [4.69, 9.17) is 20.8 Å². The molecule has 152 valence electrons. The van der Waals surface area contributed by atoms with Crippen LogP contribution in [0.1, 0.15) is 16.7 Å². The summed E-state index contributed by atoms with van der Waals surface area (Å²) in [6, 6.07) is 10.4. The Hall–Kier alpha value is -2.83. The van der Waals surface area contributed by atoms with E-state index in [2.05, 4.69) is 5.32 Å². The Balaban J connectivity index is 1.76. The van der Waals surface area contributed by atoms with Gasteiger partial charge in [0, 0.05) is 22.0 Å². The molecule has 3 rings (SSSR count). The van der Waals surface area contributed by atoms with Crippen molar-refractivity contribution in [2.24, 2.45) is 0 Å². The van der Waals surface area contributed by atoms with Gasteiger partial charge in [0.15, 0.2) is 6.54 Å². The predicted molar refractivity (Wildman–Crippen MR) is 114 cm³/mol. The van der Waals surface area contributed by atoms with Gasteiger partial charge in [-0.2, -0.15) is 0 Å². The minimum absolute atomic E-state index is 0.178. The van der Waals surface area contributed by atoms with Crippen molar-refractivity contribution in [3.8, 4) is 5.75 Å². The third-order valence-corrected chi connectivity index (χ3v) is 5.07. The Morgan fingerprint density at radius 2 is 1.90 bits per heavy atom. The van der Waals surface area contributed by atoms with Gasteiger partial charge >= 0.3 is 5.63 Å². The smallest absolute Gasteiger partial charge is 0.336 e. The number of fused-ring (bicyclic) bond motifs is 1. The van der Waals surface area contributed by atoms with Crippen LogP contribution in [-0.2, 0) is 11.3 Å². The number of anilines is 1. The van der Waals surface area contributed by atoms with Crippen molar-refractivity contribution in [2.75, 3.05) is 26.0 Å². The quantitative estimate of drug-likeness (QED) is 0.607. The summed E-state index contributed by atoms with van der Waals surface area (Å²) < 4.78 is 10.6. The predicted octanol–water partition coefficient (Wildman–Crippen LogP) is 2.73. The van der Waals surface area contributed by atoms with Gasteiger partial charge in [0.2, 0.25) is 0 Å². The number of aryl methyl sites for hydroxylation is 2. The molecule has 0 aliphatic heterocycles. The second-order valence-electron chi connectivity index (χ2n) is 7.23. The third kappa shape index (κ3) is 4.96. The van der Waals surface area contributed by atoms with E-state index >= 15 is 0 Å². The average Bonchev–Trinajstić information content (AvgIpc) is 2.63. The van der Waals surface area contributed by atoms with Gasteiger partial charge in [-0.15, -0.1) is 0 Å². The molecule has 2 aromatic carbocycles. The molecule has 0 aliphatic rings. The summed E-state index contributed by atoms with van der Waals surface area (Å²) in [7, 11) is 3.43. The Labute approximate surface area is 174 Å². The lowest BCUT2D eigenvalue weighted by Crippen LogP contribution is -3.08. The lowest BCUT2D eigenvalue weighted by atomic mass is 10.0. The first-order valence-electron chi connectivity index (χ1n) is 9.25. The number of likely N-dealkylation sites (N-methyl/N-ethyl adjacent to an activating group) is 1. The van der Waals surface area contributed by atoms with Crippen LogP contribution in [0.2, 0.25) is 5.02 Å². The molecule has 1 heterocycles. The monoisotopic (exact) mass is 415 g/mol. The first-order valence-corrected chi connectivity index (χ1v) is 9.63. The molecule has 2 N–H and O–H groups in total. The number of methoxy groups -OCH3 is 1. The van der Waals surface area contributed by atoms with Gasteiger partial charge in [-0.05, 0) is 55.3 Å². The van der Waals surface area contributed by atoms with Gasteiger partial charge in [0.25, 0.3) is 5.91 Å². The number of hydrogen-bond donors (Lipinski definition) is 2. The summed E-state index contributed by atoms with van der Waals surface area (Å²) in [6.45, 7) is 4.71. The van der Waals surface area contributed by atoms with E-state index in [0.29, 0.717) is 28.6 Å². The normalized spacial score (nSPS) is 12.0. The minimum Gasteiger partial charge on any atom is -0.495 e. The maximum atomic E-state index is 12.5. The summed E-state index contributed by atoms with van der Waals surface area (Å²) in [5, 5.41) is 4.24. The fourth-order valence-electron chi connectivity index (χ4n) is 3.26. The van der Waals surface area contributed by atoms with Crippen molar-refractivity contribution >= 4 is 34.2 Å². The fourth-order valence-corrected chi connectivity index (χ4v) is 3.44. The van der Waals surface area contributed by atoms with Crippen molar-refractivity contribution < 1.29 is 18.8 Å². The van der Waals surface area contributed by atoms with Crippen LogP contribution in [0.5, 0.6) is 5.75 Å². The van der Waals surface area contributed by atoms with Gasteiger partial charge in [-0.1, -0.05) is 11.6 Å². The number of hydrogen-bond acceptors (Lipinski definition) is 4. The first-order chi connectivity index (χ1) is 13.8. The highest BCUT2D eigenvalue weighted by Crippen LogP contribution is 2.27. The molecule has 1 aromatic heterocycles. The largest absolute Gasteiger partial charge is 0.495 e. The summed E-state index contributed by atoms with van der Waals surface area (Å²) in [4.78, 5) is 25.4. The van der Waals surface area contributed by atoms with Crippen molar-refractivity contribution in [3.63, 3.8) is 0 Å². The molecule has 29 heavy (non-hydrogen) atoms. The topological polar surface area (TPSA) is 73.0 Å². The lowest BCUT2D eigenvalue weighted by Gasteiger charge is -2.16. The molecule has 0 saturated heterocycles. The molecular formula is C22H24ClN2O4+. The van der Waals surface area contributed by atoms with Crippen molar-refractivity contribution in [1.82, 2.24) is 0 Å². The molecule has 1 unspecified atom stereocenters. The standard InChI is InChI=1S/C22H23ClN2O4/c1-13-7-17-15(9-22(27)29-20(17)8-14(13)2)11-25(3)12-21(26)24-18-10-16(23)5-6-19(18)28-4/h5-10H,11-12H2,1-4H3,(H,24,26)/p+1. The van der Waals surface area contributed by atoms with E-state index in [0.717, 1.165) is 27.0 Å². The van der Waals surface area contributed by atoms with Gasteiger partial charge in [0.05, 0.1) is 19.8 Å². The summed E-state index contributed by atoms with van der Waals surface area (Å²) in [6.07, 6.45) is 0. The highest BCUT2D eigenvalue weighted by atomic mass is 35.5. The van der Waals surface area contributed by atoms with Crippen LogP contribution in [-0.4, -0.2) is 26.6 Å². The van der Waals surface area contributed by atoms with Crippen LogP contribution in [0.25, 0.3) is 11.0 Å². The number of benzene rings is 2. The maximum absolute atomic E-state index is 12.5. The van der Waals surface area contributed by atoms with Crippen LogP contribution < -0.4 is 20.6 Å². The Bertz CT molecular complexity index is 1120. The number of amides is 1. The number of carbonyl (C=O) groups excluding carboxylic acids is 1. The molecule has 3 aromatic rings. The second kappa shape index (κ2) is 8.68. The molecule has 1 amide bonds. The molecule has 6 nitrogen and oxygen atoms in total. The molecule has 0 saturated carbocycles. The number of nitrogens with one attached hydrogen (secondary N) is 2. The molecular weight excluding hydrogens is 392 g/mol. The zero-order chi connectivity index (χ0) is 21.1. The Morgan fingerprint density at radius 1 is 1.17 bits per heavy atom. The van der Waals surface area contributed by atoms with Crippen molar-refractivity contribution in [2.45, 2.75) is 20.4 Å². The van der Waals surface area contributed by atoms with E-state index in [1.54, 1.807) is 18.2 Å². The minimum atomic E-state index is -0.392. The highest BCUT2D eigenvalue weighted by Gasteiger charge is 2.16. The number of quaternary nitrogens is 1. The molecule has 7 heteroatoms. The number of halogens is 1. The molecule has 0 aliphatic carbocycles. The Morgan fingerprint density at radius 3 is 2.62 bits per heavy atom. The average molecular weight is 416 g/mol. The molecule has 0 fully saturated rings. The number of ether oxygens (including phenoxy) is 1. The summed E-state index contributed by atoms with van der Waals surface area (Å²) in [5.41, 5.74) is 3.73. The van der Waals surface area contributed by atoms with Crippen LogP contribution in [0.15, 0.2) is 45.6 Å². The number of carbonyl (C=O) groups is 1.